The number of rotatable bonds is 11. The van der Waals surface area contributed by atoms with E-state index in [1.54, 1.807) is 24.5 Å². The molecule has 0 aliphatic heterocycles. The highest BCUT2D eigenvalue weighted by Crippen LogP contribution is 2.27. The van der Waals surface area contributed by atoms with Crippen LogP contribution in [-0.4, -0.2) is 40.7 Å². The van der Waals surface area contributed by atoms with Gasteiger partial charge in [0, 0.05) is 42.9 Å². The lowest BCUT2D eigenvalue weighted by Gasteiger charge is -2.27. The summed E-state index contributed by atoms with van der Waals surface area (Å²) in [5.74, 6) is 7.04. The number of hydrogen-bond acceptors (Lipinski definition) is 4. The number of carbonyl (C=O) groups is 1. The van der Waals surface area contributed by atoms with Crippen LogP contribution in [0.1, 0.15) is 40.7 Å². The first-order chi connectivity index (χ1) is 17.2. The summed E-state index contributed by atoms with van der Waals surface area (Å²) in [6.45, 7) is 0.358. The fourth-order valence-electron chi connectivity index (χ4n) is 4.01. The minimum atomic E-state index is -0.768. The number of hydrogen-bond donors (Lipinski definition) is 3. The number of amides is 1. The molecule has 0 spiro atoms. The molecule has 3 N–H and O–H groups in total. The molecule has 180 valence electrons. The van der Waals surface area contributed by atoms with Gasteiger partial charge in [-0.05, 0) is 48.9 Å². The fraction of sp³-hybridized carbons (Fsp3) is 0.333. The van der Waals surface area contributed by atoms with Crippen molar-refractivity contribution in [2.24, 2.45) is 5.92 Å². The Labute approximate surface area is 208 Å². The molecule has 4 rings (SSSR count). The predicted molar refractivity (Wildman–Crippen MR) is 139 cm³/mol. The van der Waals surface area contributed by atoms with E-state index in [0.29, 0.717) is 24.4 Å². The van der Waals surface area contributed by atoms with Crippen molar-refractivity contribution in [2.45, 2.75) is 50.3 Å². The maximum absolute atomic E-state index is 12.9. The molecule has 0 radical (unpaired) electrons. The van der Waals surface area contributed by atoms with E-state index in [1.165, 1.54) is 18.4 Å². The molecule has 1 fully saturated rings. The highest BCUT2D eigenvalue weighted by Gasteiger charge is 2.24. The lowest BCUT2D eigenvalue weighted by atomic mass is 9.99. The molecule has 3 unspecified atom stereocenters. The van der Waals surface area contributed by atoms with Crippen molar-refractivity contribution in [3.63, 3.8) is 0 Å². The van der Waals surface area contributed by atoms with Gasteiger partial charge in [0.15, 0.2) is 0 Å². The minimum Gasteiger partial charge on any atom is -0.390 e. The molecule has 5 heteroatoms. The standard InChI is InChI=1S/C30H33N3O2/c34-29(22-32-27(13-7-12-23-14-15-23)20-24-8-3-1-4-9-24)28(21-25-10-5-2-6-11-25)33-30(35)26-16-18-31-19-17-26/h1-6,8-11,16-19,23,27-29,32,34H,13-15,20-22H2,(H,33,35). The van der Waals surface area contributed by atoms with Gasteiger partial charge < -0.3 is 15.7 Å². The van der Waals surface area contributed by atoms with Crippen LogP contribution in [0.4, 0.5) is 0 Å². The SMILES string of the molecule is O=C(NC(Cc1ccccc1)C(O)CNC(CC#CC1CC1)Cc1ccccc1)c1ccncc1. The van der Waals surface area contributed by atoms with E-state index in [9.17, 15) is 9.90 Å². The van der Waals surface area contributed by atoms with E-state index in [0.717, 1.165) is 18.4 Å². The second-order valence-corrected chi connectivity index (χ2v) is 9.17. The Balaban J connectivity index is 1.42. The van der Waals surface area contributed by atoms with Gasteiger partial charge in [-0.3, -0.25) is 9.78 Å². The number of benzene rings is 2. The van der Waals surface area contributed by atoms with Crippen molar-refractivity contribution in [1.29, 1.82) is 0 Å². The number of pyridine rings is 1. The Bertz CT molecular complexity index is 1110. The number of nitrogens with zero attached hydrogens (tertiary/aromatic N) is 1. The monoisotopic (exact) mass is 467 g/mol. The van der Waals surface area contributed by atoms with E-state index in [-0.39, 0.29) is 11.9 Å². The number of nitrogens with one attached hydrogen (secondary N) is 2. The van der Waals surface area contributed by atoms with E-state index in [4.69, 9.17) is 0 Å². The molecule has 3 aromatic rings. The van der Waals surface area contributed by atoms with Crippen molar-refractivity contribution in [3.8, 4) is 11.8 Å². The molecule has 1 saturated carbocycles. The summed E-state index contributed by atoms with van der Waals surface area (Å²) in [6, 6.07) is 23.3. The molecule has 1 heterocycles. The third-order valence-electron chi connectivity index (χ3n) is 6.19. The summed E-state index contributed by atoms with van der Waals surface area (Å²) in [6.07, 6.45) is 6.93. The van der Waals surface area contributed by atoms with Gasteiger partial charge in [0.25, 0.3) is 5.91 Å². The summed E-state index contributed by atoms with van der Waals surface area (Å²) in [5.41, 5.74) is 2.82. The Morgan fingerprint density at radius 2 is 1.57 bits per heavy atom. The number of aliphatic hydroxyl groups is 1. The molecule has 1 aliphatic carbocycles. The van der Waals surface area contributed by atoms with Crippen LogP contribution in [0.2, 0.25) is 0 Å². The van der Waals surface area contributed by atoms with E-state index >= 15 is 0 Å². The Morgan fingerprint density at radius 1 is 0.943 bits per heavy atom. The van der Waals surface area contributed by atoms with Gasteiger partial charge in [-0.2, -0.15) is 0 Å². The van der Waals surface area contributed by atoms with Gasteiger partial charge in [-0.25, -0.2) is 0 Å². The highest BCUT2D eigenvalue weighted by molar-refractivity contribution is 5.94. The lowest BCUT2D eigenvalue weighted by molar-refractivity contribution is 0.0825. The first-order valence-electron chi connectivity index (χ1n) is 12.4. The molecule has 5 nitrogen and oxygen atoms in total. The molecule has 2 aromatic carbocycles. The molecular formula is C30H33N3O2. The van der Waals surface area contributed by atoms with Crippen LogP contribution in [0.15, 0.2) is 85.2 Å². The number of carbonyl (C=O) groups excluding carboxylic acids is 1. The zero-order valence-corrected chi connectivity index (χ0v) is 19.9. The quantitative estimate of drug-likeness (QED) is 0.375. The molecular weight excluding hydrogens is 434 g/mol. The smallest absolute Gasteiger partial charge is 0.251 e. The lowest BCUT2D eigenvalue weighted by Crippen LogP contribution is -2.50. The van der Waals surface area contributed by atoms with Crippen molar-refractivity contribution in [3.05, 3.63) is 102 Å². The van der Waals surface area contributed by atoms with Gasteiger partial charge in [-0.15, -0.1) is 5.92 Å². The van der Waals surface area contributed by atoms with Crippen LogP contribution < -0.4 is 10.6 Å². The molecule has 1 aliphatic rings. The van der Waals surface area contributed by atoms with E-state index in [2.05, 4.69) is 39.6 Å². The molecule has 3 atom stereocenters. The number of aromatic nitrogens is 1. The summed E-state index contributed by atoms with van der Waals surface area (Å²) in [7, 11) is 0. The molecule has 0 bridgehead atoms. The predicted octanol–water partition coefficient (Wildman–Crippen LogP) is 3.79. The number of aliphatic hydroxyl groups excluding tert-OH is 1. The zero-order valence-electron chi connectivity index (χ0n) is 19.9. The third-order valence-corrected chi connectivity index (χ3v) is 6.19. The first kappa shape index (κ1) is 24.7. The first-order valence-corrected chi connectivity index (χ1v) is 12.4. The Kier molecular flexibility index (Phi) is 9.05. The van der Waals surface area contributed by atoms with Crippen LogP contribution >= 0.6 is 0 Å². The Hall–Kier alpha value is -3.46. The van der Waals surface area contributed by atoms with Crippen LogP contribution in [0, 0.1) is 17.8 Å². The van der Waals surface area contributed by atoms with Crippen molar-refractivity contribution >= 4 is 5.91 Å². The maximum atomic E-state index is 12.9. The molecule has 1 amide bonds. The topological polar surface area (TPSA) is 74.2 Å². The largest absolute Gasteiger partial charge is 0.390 e. The third kappa shape index (κ3) is 8.36. The summed E-state index contributed by atoms with van der Waals surface area (Å²) >= 11 is 0. The van der Waals surface area contributed by atoms with Crippen LogP contribution in [0.5, 0.6) is 0 Å². The van der Waals surface area contributed by atoms with Gasteiger partial charge in [0.2, 0.25) is 0 Å². The van der Waals surface area contributed by atoms with Crippen molar-refractivity contribution in [1.82, 2.24) is 15.6 Å². The zero-order chi connectivity index (χ0) is 24.3. The van der Waals surface area contributed by atoms with Crippen molar-refractivity contribution in [2.75, 3.05) is 6.54 Å². The second kappa shape index (κ2) is 12.9. The van der Waals surface area contributed by atoms with Gasteiger partial charge in [0.1, 0.15) is 0 Å². The summed E-state index contributed by atoms with van der Waals surface area (Å²) in [5, 5.41) is 17.7. The van der Waals surface area contributed by atoms with E-state index in [1.807, 2.05) is 48.5 Å². The second-order valence-electron chi connectivity index (χ2n) is 9.17. The molecule has 0 saturated heterocycles. The highest BCUT2D eigenvalue weighted by atomic mass is 16.3. The normalized spacial score (nSPS) is 15.3. The average molecular weight is 468 g/mol. The van der Waals surface area contributed by atoms with Crippen LogP contribution in [0.25, 0.3) is 0 Å². The van der Waals surface area contributed by atoms with Crippen LogP contribution in [0.3, 0.4) is 0 Å². The Morgan fingerprint density at radius 3 is 2.20 bits per heavy atom. The van der Waals surface area contributed by atoms with Gasteiger partial charge in [-0.1, -0.05) is 66.6 Å². The molecule has 35 heavy (non-hydrogen) atoms. The van der Waals surface area contributed by atoms with E-state index < -0.39 is 12.1 Å². The van der Waals surface area contributed by atoms with Crippen molar-refractivity contribution < 1.29 is 9.90 Å². The average Bonchev–Trinajstić information content (AvgIpc) is 3.73. The minimum absolute atomic E-state index is 0.117. The summed E-state index contributed by atoms with van der Waals surface area (Å²) in [4.78, 5) is 16.8. The van der Waals surface area contributed by atoms with Gasteiger partial charge in [0.05, 0.1) is 12.1 Å². The fourth-order valence-corrected chi connectivity index (χ4v) is 4.01. The molecule has 1 aromatic heterocycles. The van der Waals surface area contributed by atoms with Gasteiger partial charge >= 0.3 is 0 Å². The van der Waals surface area contributed by atoms with Crippen LogP contribution in [-0.2, 0) is 12.8 Å². The summed E-state index contributed by atoms with van der Waals surface area (Å²) < 4.78 is 0. The maximum Gasteiger partial charge on any atom is 0.251 e.